The van der Waals surface area contributed by atoms with Crippen molar-refractivity contribution in [3.05, 3.63) is 0 Å². The van der Waals surface area contributed by atoms with E-state index in [4.69, 9.17) is 4.74 Å². The lowest BCUT2D eigenvalue weighted by Crippen LogP contribution is -2.39. The second kappa shape index (κ2) is 4.30. The van der Waals surface area contributed by atoms with Crippen LogP contribution < -0.4 is 5.32 Å². The first kappa shape index (κ1) is 11.0. The third-order valence-electron chi connectivity index (χ3n) is 5.31. The number of rotatable bonds is 1. The first-order valence-corrected chi connectivity index (χ1v) is 7.10. The molecule has 0 amide bonds. The van der Waals surface area contributed by atoms with Crippen molar-refractivity contribution in [1.29, 1.82) is 0 Å². The van der Waals surface area contributed by atoms with Crippen molar-refractivity contribution in [3.63, 3.8) is 0 Å². The Kier molecular flexibility index (Phi) is 2.97. The molecule has 2 saturated carbocycles. The highest BCUT2D eigenvalue weighted by Crippen LogP contribution is 2.44. The van der Waals surface area contributed by atoms with Crippen LogP contribution in [0.5, 0.6) is 0 Å². The molecule has 1 N–H and O–H groups in total. The molecule has 2 bridgehead atoms. The first-order chi connectivity index (χ1) is 7.78. The molecule has 92 valence electrons. The van der Waals surface area contributed by atoms with Crippen LogP contribution in [0.4, 0.5) is 0 Å². The van der Waals surface area contributed by atoms with Crippen molar-refractivity contribution < 1.29 is 4.74 Å². The van der Waals surface area contributed by atoms with Gasteiger partial charge in [0.15, 0.2) is 0 Å². The lowest BCUT2D eigenvalue weighted by atomic mass is 9.71. The Morgan fingerprint density at radius 2 is 1.75 bits per heavy atom. The molecule has 0 radical (unpaired) electrons. The summed E-state index contributed by atoms with van der Waals surface area (Å²) in [6, 6.07) is 0.777. The van der Waals surface area contributed by atoms with E-state index in [0.717, 1.165) is 23.8 Å². The van der Waals surface area contributed by atoms with Gasteiger partial charge in [0.1, 0.15) is 0 Å². The Labute approximate surface area is 99.1 Å². The molecule has 0 aromatic rings. The summed E-state index contributed by atoms with van der Waals surface area (Å²) in [4.78, 5) is 0. The van der Waals surface area contributed by atoms with E-state index in [2.05, 4.69) is 19.3 Å². The van der Waals surface area contributed by atoms with Gasteiger partial charge in [-0.25, -0.2) is 0 Å². The summed E-state index contributed by atoms with van der Waals surface area (Å²) in [5.74, 6) is 2.76. The second-order valence-corrected chi connectivity index (χ2v) is 6.23. The van der Waals surface area contributed by atoms with E-state index in [1.54, 1.807) is 0 Å². The Bertz CT molecular complexity index is 255. The molecule has 0 spiro atoms. The molecular weight excluding hydrogens is 198 g/mol. The summed E-state index contributed by atoms with van der Waals surface area (Å²) in [6.45, 7) is 2.45. The molecule has 1 saturated heterocycles. The molecular formula is C14H25NO. The Hall–Kier alpha value is -0.0800. The van der Waals surface area contributed by atoms with Crippen LogP contribution in [0.1, 0.15) is 45.4 Å². The van der Waals surface area contributed by atoms with E-state index >= 15 is 0 Å². The molecule has 5 unspecified atom stereocenters. The summed E-state index contributed by atoms with van der Waals surface area (Å²) >= 11 is 0. The molecule has 2 nitrogen and oxygen atoms in total. The van der Waals surface area contributed by atoms with Crippen molar-refractivity contribution in [3.8, 4) is 0 Å². The van der Waals surface area contributed by atoms with Gasteiger partial charge in [0, 0.05) is 6.04 Å². The van der Waals surface area contributed by atoms with Crippen molar-refractivity contribution in [2.24, 2.45) is 17.8 Å². The minimum atomic E-state index is 0.624. The highest BCUT2D eigenvalue weighted by atomic mass is 16.6. The minimum Gasteiger partial charge on any atom is -0.370 e. The van der Waals surface area contributed by atoms with Gasteiger partial charge in [-0.2, -0.15) is 0 Å². The molecule has 3 rings (SSSR count). The predicted molar refractivity (Wildman–Crippen MR) is 65.4 cm³/mol. The lowest BCUT2D eigenvalue weighted by molar-refractivity contribution is 0.144. The minimum absolute atomic E-state index is 0.624. The van der Waals surface area contributed by atoms with Crippen LogP contribution in [-0.4, -0.2) is 25.3 Å². The van der Waals surface area contributed by atoms with Crippen molar-refractivity contribution >= 4 is 0 Å². The monoisotopic (exact) mass is 223 g/mol. The molecule has 1 aliphatic heterocycles. The zero-order valence-corrected chi connectivity index (χ0v) is 10.6. The van der Waals surface area contributed by atoms with Crippen molar-refractivity contribution in [2.75, 3.05) is 7.05 Å². The Balaban J connectivity index is 1.72. The number of ether oxygens (including phenoxy) is 1. The van der Waals surface area contributed by atoms with Crippen molar-refractivity contribution in [2.45, 2.75) is 63.7 Å². The second-order valence-electron chi connectivity index (χ2n) is 6.23. The average molecular weight is 223 g/mol. The third-order valence-corrected chi connectivity index (χ3v) is 5.31. The van der Waals surface area contributed by atoms with Crippen LogP contribution in [0, 0.1) is 17.8 Å². The first-order valence-electron chi connectivity index (χ1n) is 7.10. The molecule has 3 fully saturated rings. The van der Waals surface area contributed by atoms with E-state index in [0.29, 0.717) is 12.2 Å². The summed E-state index contributed by atoms with van der Waals surface area (Å²) < 4.78 is 5.78. The van der Waals surface area contributed by atoms with Gasteiger partial charge < -0.3 is 10.1 Å². The summed E-state index contributed by atoms with van der Waals surface area (Å²) in [6.07, 6.45) is 9.57. The average Bonchev–Trinajstić information content (AvgIpc) is 3.03. The number of epoxide rings is 1. The fourth-order valence-corrected chi connectivity index (χ4v) is 4.09. The van der Waals surface area contributed by atoms with Crippen LogP contribution in [0.15, 0.2) is 0 Å². The summed E-state index contributed by atoms with van der Waals surface area (Å²) in [5.41, 5.74) is 0. The summed E-state index contributed by atoms with van der Waals surface area (Å²) in [7, 11) is 2.14. The topological polar surface area (TPSA) is 24.6 Å². The fourth-order valence-electron chi connectivity index (χ4n) is 4.09. The molecule has 16 heavy (non-hydrogen) atoms. The molecule has 3 aliphatic rings. The van der Waals surface area contributed by atoms with Gasteiger partial charge in [-0.05, 0) is 63.3 Å². The van der Waals surface area contributed by atoms with E-state index < -0.39 is 0 Å². The van der Waals surface area contributed by atoms with Crippen LogP contribution in [0.2, 0.25) is 0 Å². The zero-order valence-electron chi connectivity index (χ0n) is 10.6. The zero-order chi connectivity index (χ0) is 11.1. The van der Waals surface area contributed by atoms with Gasteiger partial charge in [-0.15, -0.1) is 0 Å². The molecule has 6 atom stereocenters. The van der Waals surface area contributed by atoms with Crippen LogP contribution in [-0.2, 0) is 4.74 Å². The van der Waals surface area contributed by atoms with E-state index in [1.807, 2.05) is 0 Å². The smallest absolute Gasteiger partial charge is 0.0844 e. The third kappa shape index (κ3) is 2.02. The fraction of sp³-hybridized carbons (Fsp3) is 1.00. The van der Waals surface area contributed by atoms with E-state index in [9.17, 15) is 0 Å². The largest absolute Gasteiger partial charge is 0.370 e. The number of hydrogen-bond donors (Lipinski definition) is 1. The molecule has 0 aromatic carbocycles. The van der Waals surface area contributed by atoms with E-state index in [-0.39, 0.29) is 0 Å². The van der Waals surface area contributed by atoms with Gasteiger partial charge >= 0.3 is 0 Å². The lowest BCUT2D eigenvalue weighted by Gasteiger charge is -2.38. The Morgan fingerprint density at radius 3 is 2.56 bits per heavy atom. The number of fused-ring (bicyclic) bond motifs is 3. The van der Waals surface area contributed by atoms with Gasteiger partial charge in [0.05, 0.1) is 12.2 Å². The Morgan fingerprint density at radius 1 is 0.938 bits per heavy atom. The molecule has 2 aliphatic carbocycles. The van der Waals surface area contributed by atoms with Gasteiger partial charge in [0.2, 0.25) is 0 Å². The summed E-state index contributed by atoms with van der Waals surface area (Å²) in [5, 5.41) is 3.53. The van der Waals surface area contributed by atoms with Crippen molar-refractivity contribution in [1.82, 2.24) is 5.32 Å². The molecule has 1 heterocycles. The molecule has 2 heteroatoms. The highest BCUT2D eigenvalue weighted by Gasteiger charge is 2.44. The number of hydrogen-bond acceptors (Lipinski definition) is 2. The van der Waals surface area contributed by atoms with Gasteiger partial charge in [-0.1, -0.05) is 6.92 Å². The highest BCUT2D eigenvalue weighted by molar-refractivity contribution is 4.94. The van der Waals surface area contributed by atoms with Crippen LogP contribution in [0.25, 0.3) is 0 Å². The standard InChI is InChI=1S/C14H25NO/c1-9-7-14-13(16-14)6-4-11-8-10(9)3-5-12(11)15-2/h9-15H,3-8H2,1-2H3/t9?,10?,11?,12?,13?,14-/m0/s1. The predicted octanol–water partition coefficient (Wildman–Crippen LogP) is 2.58. The van der Waals surface area contributed by atoms with E-state index in [1.165, 1.54) is 38.5 Å². The number of nitrogens with one attached hydrogen (secondary N) is 1. The maximum absolute atomic E-state index is 5.78. The maximum Gasteiger partial charge on any atom is 0.0844 e. The van der Waals surface area contributed by atoms with Gasteiger partial charge in [0.25, 0.3) is 0 Å². The molecule has 0 aromatic heterocycles. The van der Waals surface area contributed by atoms with Crippen LogP contribution >= 0.6 is 0 Å². The van der Waals surface area contributed by atoms with Crippen LogP contribution in [0.3, 0.4) is 0 Å². The normalized spacial score (nSPS) is 52.1. The van der Waals surface area contributed by atoms with Gasteiger partial charge in [-0.3, -0.25) is 0 Å². The SMILES string of the molecule is CNC1CCC2CC1CCC1O[C@H]1CC2C. The maximum atomic E-state index is 5.78. The quantitative estimate of drug-likeness (QED) is 0.691.